The molecule has 0 bridgehead atoms. The molecule has 2 rings (SSSR count). The zero-order valence-electron chi connectivity index (χ0n) is 19.9. The summed E-state index contributed by atoms with van der Waals surface area (Å²) in [5.41, 5.74) is 0.847. The van der Waals surface area contributed by atoms with Gasteiger partial charge in [0.2, 0.25) is 12.2 Å². The van der Waals surface area contributed by atoms with Crippen molar-refractivity contribution in [2.24, 2.45) is 0 Å². The summed E-state index contributed by atoms with van der Waals surface area (Å²) in [4.78, 5) is 59.3. The lowest BCUT2D eigenvalue weighted by Gasteiger charge is -2.44. The number of amides is 1. The van der Waals surface area contributed by atoms with E-state index in [1.54, 1.807) is 0 Å². The van der Waals surface area contributed by atoms with Crippen molar-refractivity contribution in [1.29, 1.82) is 0 Å². The van der Waals surface area contributed by atoms with Gasteiger partial charge in [-0.25, -0.2) is 0 Å². The van der Waals surface area contributed by atoms with Crippen molar-refractivity contribution >= 4 is 29.8 Å². The summed E-state index contributed by atoms with van der Waals surface area (Å²) in [7, 11) is 0. The van der Waals surface area contributed by atoms with Gasteiger partial charge in [0.25, 0.3) is 0 Å². The zero-order valence-corrected chi connectivity index (χ0v) is 19.9. The van der Waals surface area contributed by atoms with Crippen molar-refractivity contribution in [1.82, 2.24) is 5.32 Å². The van der Waals surface area contributed by atoms with Gasteiger partial charge in [0.05, 0.1) is 6.61 Å². The Bertz CT molecular complexity index is 904. The fourth-order valence-corrected chi connectivity index (χ4v) is 3.38. The molecule has 1 heterocycles. The number of rotatable bonds is 10. The molecule has 0 aliphatic carbocycles. The molecular weight excluding hydrogens is 466 g/mol. The lowest BCUT2D eigenvalue weighted by Crippen LogP contribution is -2.67. The number of carbonyl (C=O) groups is 5. The van der Waals surface area contributed by atoms with E-state index in [0.717, 1.165) is 33.3 Å². The molecule has 35 heavy (non-hydrogen) atoms. The minimum absolute atomic E-state index is 0.163. The molecule has 12 nitrogen and oxygen atoms in total. The Kier molecular flexibility index (Phi) is 10.6. The van der Waals surface area contributed by atoms with E-state index in [2.05, 4.69) is 5.32 Å². The number of carbonyl (C=O) groups excluding carboxylic acids is 5. The zero-order chi connectivity index (χ0) is 26.0. The van der Waals surface area contributed by atoms with Gasteiger partial charge in [-0.1, -0.05) is 30.3 Å². The SMILES string of the molecule is CC(=O)OCC1O[C@@H](OC(C)=O)C(NC(=O)COCc2ccccc2)[C@@H](OC(C)=O)[C@@H]1OC(C)=O. The Morgan fingerprint density at radius 2 is 1.43 bits per heavy atom. The van der Waals surface area contributed by atoms with E-state index < -0.39 is 67.0 Å². The lowest BCUT2D eigenvalue weighted by molar-refractivity contribution is -0.271. The van der Waals surface area contributed by atoms with Crippen molar-refractivity contribution in [2.45, 2.75) is 64.9 Å². The molecule has 0 saturated carbocycles. The molecule has 1 aromatic carbocycles. The summed E-state index contributed by atoms with van der Waals surface area (Å²) in [6.45, 7) is 3.90. The second-order valence-corrected chi connectivity index (χ2v) is 7.67. The molecule has 1 amide bonds. The summed E-state index contributed by atoms with van der Waals surface area (Å²) >= 11 is 0. The highest BCUT2D eigenvalue weighted by Gasteiger charge is 2.52. The largest absolute Gasteiger partial charge is 0.463 e. The van der Waals surface area contributed by atoms with Crippen molar-refractivity contribution in [2.75, 3.05) is 13.2 Å². The van der Waals surface area contributed by atoms with E-state index in [-0.39, 0.29) is 13.2 Å². The lowest BCUT2D eigenvalue weighted by atomic mass is 9.96. The van der Waals surface area contributed by atoms with E-state index in [4.69, 9.17) is 28.4 Å². The number of ether oxygens (including phenoxy) is 6. The van der Waals surface area contributed by atoms with Gasteiger partial charge in [0.15, 0.2) is 12.2 Å². The molecule has 1 aliphatic rings. The predicted octanol–water partition coefficient (Wildman–Crippen LogP) is 0.403. The van der Waals surface area contributed by atoms with Crippen LogP contribution in [0.15, 0.2) is 30.3 Å². The Hall–Kier alpha value is -3.51. The maximum absolute atomic E-state index is 12.6. The first kappa shape index (κ1) is 27.7. The summed E-state index contributed by atoms with van der Waals surface area (Å²) in [5, 5.41) is 2.56. The average Bonchev–Trinajstić information content (AvgIpc) is 2.76. The standard InChI is InChI=1S/C23H29NO11/c1-13(25)31-11-18-21(32-14(2)26)22(33-15(3)27)20(23(35-18)34-16(4)28)24-19(29)12-30-10-17-8-6-5-7-9-17/h5-9,18,20-23H,10-12H2,1-4H3,(H,24,29)/t18?,20?,21-,22-,23-/m1/s1. The molecular formula is C23H29NO11. The quantitative estimate of drug-likeness (QED) is 0.354. The third kappa shape index (κ3) is 9.33. The van der Waals surface area contributed by atoms with Gasteiger partial charge < -0.3 is 33.7 Å². The van der Waals surface area contributed by atoms with Crippen LogP contribution in [0.4, 0.5) is 0 Å². The van der Waals surface area contributed by atoms with Crippen LogP contribution in [0.3, 0.4) is 0 Å². The van der Waals surface area contributed by atoms with Crippen LogP contribution in [-0.4, -0.2) is 73.6 Å². The second kappa shape index (κ2) is 13.4. The molecule has 12 heteroatoms. The van der Waals surface area contributed by atoms with Crippen molar-refractivity contribution < 1.29 is 52.4 Å². The highest BCUT2D eigenvalue weighted by molar-refractivity contribution is 5.78. The minimum atomic E-state index is -1.46. The molecule has 0 radical (unpaired) electrons. The van der Waals surface area contributed by atoms with E-state index >= 15 is 0 Å². The van der Waals surface area contributed by atoms with Crippen LogP contribution >= 0.6 is 0 Å². The molecule has 1 aromatic rings. The molecule has 1 saturated heterocycles. The van der Waals surface area contributed by atoms with E-state index in [9.17, 15) is 24.0 Å². The number of hydrogen-bond acceptors (Lipinski definition) is 11. The van der Waals surface area contributed by atoms with E-state index in [1.165, 1.54) is 0 Å². The Morgan fingerprint density at radius 1 is 0.829 bits per heavy atom. The van der Waals surface area contributed by atoms with Gasteiger partial charge in [0, 0.05) is 27.7 Å². The number of nitrogens with one attached hydrogen (secondary N) is 1. The van der Waals surface area contributed by atoms with Gasteiger partial charge in [-0.15, -0.1) is 0 Å². The van der Waals surface area contributed by atoms with Crippen LogP contribution in [0.5, 0.6) is 0 Å². The van der Waals surface area contributed by atoms with Gasteiger partial charge in [-0.2, -0.15) is 0 Å². The van der Waals surface area contributed by atoms with Crippen LogP contribution in [0, 0.1) is 0 Å². The van der Waals surface area contributed by atoms with Crippen LogP contribution in [0.2, 0.25) is 0 Å². The highest BCUT2D eigenvalue weighted by atomic mass is 16.7. The van der Waals surface area contributed by atoms with Gasteiger partial charge >= 0.3 is 23.9 Å². The Morgan fingerprint density at radius 3 is 2.00 bits per heavy atom. The highest BCUT2D eigenvalue weighted by Crippen LogP contribution is 2.28. The number of benzene rings is 1. The Labute approximate surface area is 202 Å². The monoisotopic (exact) mass is 495 g/mol. The summed E-state index contributed by atoms with van der Waals surface area (Å²) in [5.74, 6) is -3.54. The van der Waals surface area contributed by atoms with Crippen molar-refractivity contribution in [3.8, 4) is 0 Å². The van der Waals surface area contributed by atoms with Gasteiger partial charge in [0.1, 0.15) is 25.4 Å². The predicted molar refractivity (Wildman–Crippen MR) is 116 cm³/mol. The molecule has 0 spiro atoms. The van der Waals surface area contributed by atoms with Gasteiger partial charge in [-0.3, -0.25) is 24.0 Å². The van der Waals surface area contributed by atoms with E-state index in [0.29, 0.717) is 0 Å². The molecule has 1 aliphatic heterocycles. The second-order valence-electron chi connectivity index (χ2n) is 7.67. The first-order valence-corrected chi connectivity index (χ1v) is 10.8. The summed E-state index contributed by atoms with van der Waals surface area (Å²) in [6, 6.07) is 7.88. The smallest absolute Gasteiger partial charge is 0.305 e. The first-order chi connectivity index (χ1) is 16.6. The fourth-order valence-electron chi connectivity index (χ4n) is 3.38. The van der Waals surface area contributed by atoms with Crippen molar-refractivity contribution in [3.63, 3.8) is 0 Å². The maximum atomic E-state index is 12.6. The molecule has 5 atom stereocenters. The number of hydrogen-bond donors (Lipinski definition) is 1. The maximum Gasteiger partial charge on any atom is 0.305 e. The summed E-state index contributed by atoms with van der Waals surface area (Å²) < 4.78 is 32.0. The molecule has 1 N–H and O–H groups in total. The normalized spacial score (nSPS) is 23.5. The van der Waals surface area contributed by atoms with Crippen LogP contribution < -0.4 is 5.32 Å². The molecule has 0 aromatic heterocycles. The number of esters is 4. The van der Waals surface area contributed by atoms with Crippen LogP contribution in [0.1, 0.15) is 33.3 Å². The van der Waals surface area contributed by atoms with Crippen LogP contribution in [-0.2, 0) is 59.0 Å². The van der Waals surface area contributed by atoms with Crippen molar-refractivity contribution in [3.05, 3.63) is 35.9 Å². The van der Waals surface area contributed by atoms with Gasteiger partial charge in [-0.05, 0) is 5.56 Å². The van der Waals surface area contributed by atoms with Crippen LogP contribution in [0.25, 0.3) is 0 Å². The summed E-state index contributed by atoms with van der Waals surface area (Å²) in [6.07, 6.45) is -5.26. The Balaban J connectivity index is 2.24. The molecule has 1 fully saturated rings. The van der Waals surface area contributed by atoms with E-state index in [1.807, 2.05) is 30.3 Å². The first-order valence-electron chi connectivity index (χ1n) is 10.8. The third-order valence-corrected chi connectivity index (χ3v) is 4.66. The molecule has 192 valence electrons. The third-order valence-electron chi connectivity index (χ3n) is 4.66. The molecule has 2 unspecified atom stereocenters. The fraction of sp³-hybridized carbons (Fsp3) is 0.522. The minimum Gasteiger partial charge on any atom is -0.463 e. The average molecular weight is 495 g/mol. The topological polar surface area (TPSA) is 153 Å².